The second-order valence-electron chi connectivity index (χ2n) is 5.16. The van der Waals surface area contributed by atoms with Gasteiger partial charge in [-0.3, -0.25) is 0 Å². The maximum absolute atomic E-state index is 10.2. The lowest BCUT2D eigenvalue weighted by atomic mass is 10.1. The van der Waals surface area contributed by atoms with Gasteiger partial charge in [-0.15, -0.1) is 0 Å². The summed E-state index contributed by atoms with van der Waals surface area (Å²) >= 11 is 0. The van der Waals surface area contributed by atoms with Crippen molar-refractivity contribution in [2.24, 2.45) is 0 Å². The van der Waals surface area contributed by atoms with Crippen molar-refractivity contribution >= 4 is 5.95 Å². The molecule has 0 aliphatic carbocycles. The summed E-state index contributed by atoms with van der Waals surface area (Å²) in [6.45, 7) is 1.03. The molecular weight excluding hydrogens is 280 g/mol. The molecule has 0 fully saturated rings. The third-order valence-electron chi connectivity index (χ3n) is 3.24. The molecule has 118 valence electrons. The van der Waals surface area contributed by atoms with Gasteiger partial charge in [0.2, 0.25) is 5.95 Å². The molecule has 0 bridgehead atoms. The molecule has 1 aromatic carbocycles. The molecule has 0 spiro atoms. The number of anilines is 1. The second kappa shape index (κ2) is 7.72. The van der Waals surface area contributed by atoms with Crippen LogP contribution in [0.4, 0.5) is 5.95 Å². The lowest BCUT2D eigenvalue weighted by molar-refractivity contribution is 0.174. The van der Waals surface area contributed by atoms with Gasteiger partial charge < -0.3 is 20.1 Å². The molecule has 0 saturated carbocycles. The van der Waals surface area contributed by atoms with Gasteiger partial charge in [0.15, 0.2) is 0 Å². The fraction of sp³-hybridized carbons (Fsp3) is 0.375. The van der Waals surface area contributed by atoms with Gasteiger partial charge in [0.25, 0.3) is 0 Å². The number of aliphatic hydroxyl groups excluding tert-OH is 1. The van der Waals surface area contributed by atoms with Crippen LogP contribution in [0.3, 0.4) is 0 Å². The molecule has 6 heteroatoms. The number of benzene rings is 1. The van der Waals surface area contributed by atoms with Gasteiger partial charge in [0.1, 0.15) is 5.75 Å². The first-order valence-electron chi connectivity index (χ1n) is 7.12. The number of methoxy groups -OCH3 is 1. The van der Waals surface area contributed by atoms with Crippen molar-refractivity contribution in [3.05, 3.63) is 47.8 Å². The largest absolute Gasteiger partial charge is 0.497 e. The van der Waals surface area contributed by atoms with E-state index in [9.17, 15) is 5.11 Å². The first-order chi connectivity index (χ1) is 10.6. The Hall–Kier alpha value is -2.18. The van der Waals surface area contributed by atoms with Crippen molar-refractivity contribution in [3.8, 4) is 5.75 Å². The van der Waals surface area contributed by atoms with Gasteiger partial charge in [0, 0.05) is 33.4 Å². The van der Waals surface area contributed by atoms with Gasteiger partial charge in [-0.2, -0.15) is 0 Å². The molecule has 2 rings (SSSR count). The summed E-state index contributed by atoms with van der Waals surface area (Å²) in [5, 5.41) is 13.4. The van der Waals surface area contributed by atoms with Crippen molar-refractivity contribution in [1.82, 2.24) is 15.3 Å². The Morgan fingerprint density at radius 3 is 2.59 bits per heavy atom. The maximum atomic E-state index is 10.2. The Bertz CT molecular complexity index is 587. The lowest BCUT2D eigenvalue weighted by Crippen LogP contribution is -2.22. The molecule has 2 aromatic rings. The van der Waals surface area contributed by atoms with Crippen LogP contribution in [0.5, 0.6) is 5.75 Å². The summed E-state index contributed by atoms with van der Waals surface area (Å²) < 4.78 is 5.10. The van der Waals surface area contributed by atoms with E-state index in [1.807, 2.05) is 49.3 Å². The van der Waals surface area contributed by atoms with E-state index in [-0.39, 0.29) is 0 Å². The SMILES string of the molecule is COc1ccc([C@@H](O)CNCc2ccnc(N(C)C)n2)cc1. The Morgan fingerprint density at radius 1 is 1.23 bits per heavy atom. The average molecular weight is 302 g/mol. The van der Waals surface area contributed by atoms with Crippen LogP contribution >= 0.6 is 0 Å². The van der Waals surface area contributed by atoms with Crippen molar-refractivity contribution in [2.45, 2.75) is 12.6 Å². The van der Waals surface area contributed by atoms with Gasteiger partial charge in [-0.1, -0.05) is 12.1 Å². The van der Waals surface area contributed by atoms with Crippen LogP contribution in [-0.4, -0.2) is 42.8 Å². The number of ether oxygens (including phenoxy) is 1. The quantitative estimate of drug-likeness (QED) is 0.805. The van der Waals surface area contributed by atoms with E-state index >= 15 is 0 Å². The second-order valence-corrected chi connectivity index (χ2v) is 5.16. The van der Waals surface area contributed by atoms with Crippen molar-refractivity contribution in [2.75, 3.05) is 32.6 Å². The maximum Gasteiger partial charge on any atom is 0.225 e. The molecule has 0 unspecified atom stereocenters. The third-order valence-corrected chi connectivity index (χ3v) is 3.24. The molecule has 1 atom stereocenters. The minimum atomic E-state index is -0.568. The van der Waals surface area contributed by atoms with Crippen LogP contribution in [-0.2, 0) is 6.54 Å². The predicted molar refractivity (Wildman–Crippen MR) is 86.0 cm³/mol. The van der Waals surface area contributed by atoms with E-state index in [0.717, 1.165) is 17.0 Å². The van der Waals surface area contributed by atoms with Gasteiger partial charge in [-0.05, 0) is 23.8 Å². The zero-order chi connectivity index (χ0) is 15.9. The fourth-order valence-electron chi connectivity index (χ4n) is 1.98. The Labute approximate surface area is 130 Å². The lowest BCUT2D eigenvalue weighted by Gasteiger charge is -2.14. The van der Waals surface area contributed by atoms with Gasteiger partial charge >= 0.3 is 0 Å². The zero-order valence-corrected chi connectivity index (χ0v) is 13.2. The van der Waals surface area contributed by atoms with Crippen LogP contribution in [0.2, 0.25) is 0 Å². The van der Waals surface area contributed by atoms with E-state index < -0.39 is 6.10 Å². The number of nitrogens with one attached hydrogen (secondary N) is 1. The predicted octanol–water partition coefficient (Wildman–Crippen LogP) is 1.37. The molecular formula is C16H22N4O2. The van der Waals surface area contributed by atoms with E-state index in [0.29, 0.717) is 19.0 Å². The Morgan fingerprint density at radius 2 is 1.95 bits per heavy atom. The van der Waals surface area contributed by atoms with Crippen molar-refractivity contribution in [3.63, 3.8) is 0 Å². The number of hydrogen-bond acceptors (Lipinski definition) is 6. The molecule has 0 aliphatic rings. The smallest absolute Gasteiger partial charge is 0.225 e. The minimum Gasteiger partial charge on any atom is -0.497 e. The number of aliphatic hydroxyl groups is 1. The van der Waals surface area contributed by atoms with Crippen LogP contribution in [0, 0.1) is 0 Å². The first-order valence-corrected chi connectivity index (χ1v) is 7.12. The summed E-state index contributed by atoms with van der Waals surface area (Å²) in [5.74, 6) is 1.45. The van der Waals surface area contributed by atoms with Crippen molar-refractivity contribution < 1.29 is 9.84 Å². The normalized spacial score (nSPS) is 12.0. The third kappa shape index (κ3) is 4.41. The number of rotatable bonds is 7. The highest BCUT2D eigenvalue weighted by Gasteiger charge is 2.08. The Kier molecular flexibility index (Phi) is 5.68. The molecule has 0 saturated heterocycles. The molecule has 1 aromatic heterocycles. The summed E-state index contributed by atoms with van der Waals surface area (Å²) in [6, 6.07) is 9.26. The highest BCUT2D eigenvalue weighted by atomic mass is 16.5. The van der Waals surface area contributed by atoms with E-state index in [1.165, 1.54) is 0 Å². The highest BCUT2D eigenvalue weighted by molar-refractivity contribution is 5.29. The molecule has 22 heavy (non-hydrogen) atoms. The minimum absolute atomic E-state index is 0.452. The van der Waals surface area contributed by atoms with Gasteiger partial charge in [0.05, 0.1) is 18.9 Å². The van der Waals surface area contributed by atoms with Crippen LogP contribution in [0.15, 0.2) is 36.5 Å². The molecule has 2 N–H and O–H groups in total. The Balaban J connectivity index is 1.86. The topological polar surface area (TPSA) is 70.5 Å². The van der Waals surface area contributed by atoms with Gasteiger partial charge in [-0.25, -0.2) is 9.97 Å². The molecule has 6 nitrogen and oxygen atoms in total. The molecule has 0 amide bonds. The van der Waals surface area contributed by atoms with Crippen LogP contribution < -0.4 is 15.0 Å². The standard InChI is InChI=1S/C16H22N4O2/c1-20(2)16-18-9-8-13(19-16)10-17-11-15(21)12-4-6-14(22-3)7-5-12/h4-9,15,17,21H,10-11H2,1-3H3/t15-/m0/s1. The summed E-state index contributed by atoms with van der Waals surface area (Å²) in [6.07, 6.45) is 1.17. The first kappa shape index (κ1) is 16.2. The molecule has 0 aliphatic heterocycles. The highest BCUT2D eigenvalue weighted by Crippen LogP contribution is 2.17. The van der Waals surface area contributed by atoms with E-state index in [2.05, 4.69) is 15.3 Å². The van der Waals surface area contributed by atoms with Crippen molar-refractivity contribution in [1.29, 1.82) is 0 Å². The van der Waals surface area contributed by atoms with E-state index in [4.69, 9.17) is 4.74 Å². The molecule has 1 heterocycles. The summed E-state index contributed by atoms with van der Waals surface area (Å²) in [4.78, 5) is 10.4. The number of nitrogens with zero attached hydrogens (tertiary/aromatic N) is 3. The average Bonchev–Trinajstić information content (AvgIpc) is 2.55. The van der Waals surface area contributed by atoms with E-state index in [1.54, 1.807) is 13.3 Å². The fourth-order valence-corrected chi connectivity index (χ4v) is 1.98. The summed E-state index contributed by atoms with van der Waals surface area (Å²) in [7, 11) is 5.43. The van der Waals surface area contributed by atoms with Crippen LogP contribution in [0.1, 0.15) is 17.4 Å². The zero-order valence-electron chi connectivity index (χ0n) is 13.2. The summed E-state index contributed by atoms with van der Waals surface area (Å²) in [5.41, 5.74) is 1.74. The molecule has 0 radical (unpaired) electrons. The number of aromatic nitrogens is 2. The van der Waals surface area contributed by atoms with Crippen LogP contribution in [0.25, 0.3) is 0 Å². The monoisotopic (exact) mass is 302 g/mol. The number of hydrogen-bond donors (Lipinski definition) is 2.